The van der Waals surface area contributed by atoms with Crippen LogP contribution in [0.1, 0.15) is 40.3 Å². The number of allylic oxidation sites excluding steroid dienone is 2. The highest BCUT2D eigenvalue weighted by molar-refractivity contribution is 6.10. The fourth-order valence-electron chi connectivity index (χ4n) is 5.45. The van der Waals surface area contributed by atoms with Crippen molar-refractivity contribution in [1.82, 2.24) is 18.8 Å². The number of para-hydroxylation sites is 1. The molecule has 0 radical (unpaired) electrons. The molecule has 0 bridgehead atoms. The van der Waals surface area contributed by atoms with Gasteiger partial charge in [0, 0.05) is 24.0 Å². The van der Waals surface area contributed by atoms with Crippen molar-refractivity contribution < 1.29 is 14.4 Å². The zero-order chi connectivity index (χ0) is 25.0. The molecule has 1 aliphatic carbocycles. The van der Waals surface area contributed by atoms with Crippen LogP contribution >= 0.6 is 0 Å². The van der Waals surface area contributed by atoms with Gasteiger partial charge in [-0.1, -0.05) is 30.4 Å². The van der Waals surface area contributed by atoms with E-state index in [1.54, 1.807) is 26.9 Å². The summed E-state index contributed by atoms with van der Waals surface area (Å²) in [6.45, 7) is 5.22. The summed E-state index contributed by atoms with van der Waals surface area (Å²) in [4.78, 5) is 53.6. The summed E-state index contributed by atoms with van der Waals surface area (Å²) < 4.78 is 5.19. The lowest BCUT2D eigenvalue weighted by atomic mass is 9.85. The van der Waals surface area contributed by atoms with E-state index in [0.717, 1.165) is 22.0 Å². The van der Waals surface area contributed by atoms with Crippen molar-refractivity contribution in [1.29, 1.82) is 0 Å². The van der Waals surface area contributed by atoms with Gasteiger partial charge in [-0.2, -0.15) is 0 Å². The molecule has 2 amide bonds. The highest BCUT2D eigenvalue weighted by Crippen LogP contribution is 2.35. The Balaban J connectivity index is 1.50. The van der Waals surface area contributed by atoms with Gasteiger partial charge in [-0.3, -0.25) is 28.8 Å². The maximum Gasteiger partial charge on any atom is 0.295 e. The molecule has 5 rings (SSSR count). The van der Waals surface area contributed by atoms with Gasteiger partial charge in [-0.05, 0) is 51.8 Å². The number of carbonyl (C=O) groups excluding carboxylic acids is 3. The maximum absolute atomic E-state index is 13.5. The SMILES string of the molecule is Cc1cc(C(=O)CN2C(=O)[C@H]3CC=CC[C@@H]3C2=O)c(C)n1-c1c(C)n(C)n(-c2ccccc2)c1=O. The minimum atomic E-state index is -0.365. The quantitative estimate of drug-likeness (QED) is 0.325. The molecule has 0 spiro atoms. The third kappa shape index (κ3) is 3.43. The second kappa shape index (κ2) is 8.37. The number of nitrogens with zero attached hydrogens (tertiary/aromatic N) is 4. The van der Waals surface area contributed by atoms with E-state index in [1.165, 1.54) is 0 Å². The summed E-state index contributed by atoms with van der Waals surface area (Å²) in [5, 5.41) is 0. The Morgan fingerprint density at radius 1 is 0.914 bits per heavy atom. The van der Waals surface area contributed by atoms with Crippen molar-refractivity contribution in [3.8, 4) is 11.4 Å². The van der Waals surface area contributed by atoms with Crippen molar-refractivity contribution in [2.24, 2.45) is 18.9 Å². The van der Waals surface area contributed by atoms with Crippen molar-refractivity contribution >= 4 is 17.6 Å². The largest absolute Gasteiger partial charge is 0.311 e. The molecule has 1 aromatic carbocycles. The van der Waals surface area contributed by atoms with E-state index in [2.05, 4.69) is 0 Å². The number of fused-ring (bicyclic) bond motifs is 1. The third-order valence-corrected chi connectivity index (χ3v) is 7.38. The Kier molecular flexibility index (Phi) is 5.46. The number of imide groups is 1. The van der Waals surface area contributed by atoms with Crippen LogP contribution < -0.4 is 5.56 Å². The number of hydrogen-bond acceptors (Lipinski definition) is 4. The predicted molar refractivity (Wildman–Crippen MR) is 131 cm³/mol. The maximum atomic E-state index is 13.5. The zero-order valence-corrected chi connectivity index (χ0v) is 20.3. The minimum absolute atomic E-state index is 0.196. The zero-order valence-electron chi connectivity index (χ0n) is 20.3. The summed E-state index contributed by atoms with van der Waals surface area (Å²) in [6, 6.07) is 11.1. The molecule has 2 aliphatic rings. The van der Waals surface area contributed by atoms with Crippen LogP contribution in [0.4, 0.5) is 0 Å². The monoisotopic (exact) mass is 472 g/mol. The van der Waals surface area contributed by atoms with Crippen molar-refractivity contribution in [3.63, 3.8) is 0 Å². The van der Waals surface area contributed by atoms with Crippen molar-refractivity contribution in [2.45, 2.75) is 33.6 Å². The molecule has 2 atom stereocenters. The number of amides is 2. The van der Waals surface area contributed by atoms with Crippen LogP contribution in [0.15, 0.2) is 53.3 Å². The molecule has 1 saturated heterocycles. The van der Waals surface area contributed by atoms with Gasteiger partial charge in [0.25, 0.3) is 5.56 Å². The molecule has 1 fully saturated rings. The van der Waals surface area contributed by atoms with Gasteiger partial charge in [-0.25, -0.2) is 4.68 Å². The lowest BCUT2D eigenvalue weighted by Crippen LogP contribution is -2.36. The fraction of sp³-hybridized carbons (Fsp3) is 0.333. The number of aromatic nitrogens is 3. The van der Waals surface area contributed by atoms with Gasteiger partial charge < -0.3 is 4.57 Å². The Morgan fingerprint density at radius 3 is 2.11 bits per heavy atom. The first-order chi connectivity index (χ1) is 16.7. The molecule has 8 nitrogen and oxygen atoms in total. The first-order valence-corrected chi connectivity index (χ1v) is 11.8. The van der Waals surface area contributed by atoms with E-state index in [0.29, 0.717) is 29.8 Å². The van der Waals surface area contributed by atoms with E-state index in [4.69, 9.17) is 0 Å². The normalized spacial score (nSPS) is 19.5. The lowest BCUT2D eigenvalue weighted by Gasteiger charge is -2.14. The van der Waals surface area contributed by atoms with Gasteiger partial charge in [-0.15, -0.1) is 0 Å². The van der Waals surface area contributed by atoms with Gasteiger partial charge >= 0.3 is 0 Å². The van der Waals surface area contributed by atoms with Crippen LogP contribution in [0.5, 0.6) is 0 Å². The summed E-state index contributed by atoms with van der Waals surface area (Å²) in [7, 11) is 1.83. The number of likely N-dealkylation sites (tertiary alicyclic amines) is 1. The Morgan fingerprint density at radius 2 is 1.51 bits per heavy atom. The first kappa shape index (κ1) is 22.8. The van der Waals surface area contributed by atoms with Crippen LogP contribution in [0.3, 0.4) is 0 Å². The van der Waals surface area contributed by atoms with Crippen molar-refractivity contribution in [3.05, 3.63) is 81.5 Å². The van der Waals surface area contributed by atoms with Crippen LogP contribution in [0.2, 0.25) is 0 Å². The molecular weight excluding hydrogens is 444 g/mol. The smallest absolute Gasteiger partial charge is 0.295 e. The van der Waals surface area contributed by atoms with Crippen LogP contribution in [0, 0.1) is 32.6 Å². The van der Waals surface area contributed by atoms with Crippen LogP contribution in [-0.4, -0.2) is 43.0 Å². The highest BCUT2D eigenvalue weighted by Gasteiger charge is 2.47. The van der Waals surface area contributed by atoms with E-state index < -0.39 is 0 Å². The molecule has 0 N–H and O–H groups in total. The second-order valence-electron chi connectivity index (χ2n) is 9.37. The van der Waals surface area contributed by atoms with Crippen LogP contribution in [0.25, 0.3) is 11.4 Å². The highest BCUT2D eigenvalue weighted by atomic mass is 16.2. The van der Waals surface area contributed by atoms with Crippen molar-refractivity contribution in [2.75, 3.05) is 6.54 Å². The molecule has 2 aromatic heterocycles. The standard InChI is InChI=1S/C27H28N4O4/c1-16-14-22(23(32)15-29-25(33)20-12-8-9-13-21(20)26(29)34)17(2)30(16)24-18(3)28(4)31(27(24)35)19-10-6-5-7-11-19/h5-11,14,20-21H,12-13,15H2,1-4H3/t20-,21-/m0/s1. The number of carbonyl (C=O) groups is 3. The van der Waals surface area contributed by atoms with Gasteiger partial charge in [0.1, 0.15) is 5.69 Å². The Bertz CT molecular complexity index is 1430. The summed E-state index contributed by atoms with van der Waals surface area (Å²) in [5.74, 6) is -1.57. The summed E-state index contributed by atoms with van der Waals surface area (Å²) in [6.07, 6.45) is 4.93. The number of hydrogen-bond donors (Lipinski definition) is 0. The number of aryl methyl sites for hydroxylation is 1. The molecule has 3 aromatic rings. The molecule has 3 heterocycles. The number of rotatable bonds is 5. The molecule has 1 aliphatic heterocycles. The summed E-state index contributed by atoms with van der Waals surface area (Å²) >= 11 is 0. The summed E-state index contributed by atoms with van der Waals surface area (Å²) in [5.41, 5.74) is 3.51. The molecule has 35 heavy (non-hydrogen) atoms. The number of benzene rings is 1. The fourth-order valence-corrected chi connectivity index (χ4v) is 5.45. The topological polar surface area (TPSA) is 86.3 Å². The number of Topliss-reactive ketones (excluding diaryl/α,β-unsaturated/α-hetero) is 1. The van der Waals surface area contributed by atoms with E-state index in [9.17, 15) is 19.2 Å². The average Bonchev–Trinajstić information content (AvgIpc) is 3.36. The van der Waals surface area contributed by atoms with E-state index in [-0.39, 0.29) is 41.5 Å². The minimum Gasteiger partial charge on any atom is -0.311 e. The lowest BCUT2D eigenvalue weighted by molar-refractivity contribution is -0.139. The first-order valence-electron chi connectivity index (χ1n) is 11.8. The number of ketones is 1. The van der Waals surface area contributed by atoms with Gasteiger partial charge in [0.2, 0.25) is 11.8 Å². The predicted octanol–water partition coefficient (Wildman–Crippen LogP) is 3.03. The second-order valence-corrected chi connectivity index (χ2v) is 9.37. The third-order valence-electron chi connectivity index (χ3n) is 7.38. The Labute approximate surface area is 203 Å². The Hall–Kier alpha value is -3.94. The molecule has 0 saturated carbocycles. The molecular formula is C27H28N4O4. The van der Waals surface area contributed by atoms with Crippen LogP contribution in [-0.2, 0) is 16.6 Å². The van der Waals surface area contributed by atoms with E-state index >= 15 is 0 Å². The van der Waals surface area contributed by atoms with Gasteiger partial charge in [0.05, 0.1) is 29.8 Å². The van der Waals surface area contributed by atoms with E-state index in [1.807, 2.05) is 63.4 Å². The average molecular weight is 473 g/mol. The molecule has 0 unspecified atom stereocenters. The van der Waals surface area contributed by atoms with Gasteiger partial charge in [0.15, 0.2) is 5.78 Å². The molecule has 180 valence electrons. The molecule has 8 heteroatoms.